The molecule has 106 valence electrons. The van der Waals surface area contributed by atoms with Crippen LogP contribution in [0.4, 0.5) is 0 Å². The lowest BCUT2D eigenvalue weighted by Crippen LogP contribution is -2.43. The molecule has 1 fully saturated rings. The van der Waals surface area contributed by atoms with Crippen molar-refractivity contribution in [2.75, 3.05) is 13.6 Å². The average molecular weight is 265 g/mol. The van der Waals surface area contributed by atoms with E-state index in [0.717, 1.165) is 6.42 Å². The van der Waals surface area contributed by atoms with Crippen molar-refractivity contribution in [1.82, 2.24) is 4.90 Å². The number of carboxylic acids is 1. The summed E-state index contributed by atoms with van der Waals surface area (Å²) < 4.78 is 0. The largest absolute Gasteiger partial charge is 0.481 e. The van der Waals surface area contributed by atoms with Gasteiger partial charge in [0.05, 0.1) is 11.8 Å². The highest BCUT2D eigenvalue weighted by Gasteiger charge is 2.52. The number of hydrogen-bond donors (Lipinski definition) is 1. The van der Waals surface area contributed by atoms with E-state index in [4.69, 9.17) is 0 Å². The fourth-order valence-electron chi connectivity index (χ4n) is 3.54. The SMILES string of the molecule is CN(CC(C)(C)C)C(=O)C1C2C=CC(C2)C1C(=O)O. The van der Waals surface area contributed by atoms with Crippen LogP contribution in [0.15, 0.2) is 12.2 Å². The van der Waals surface area contributed by atoms with Crippen LogP contribution < -0.4 is 0 Å². The first-order valence-corrected chi connectivity index (χ1v) is 6.87. The van der Waals surface area contributed by atoms with Crippen LogP contribution in [0.2, 0.25) is 0 Å². The number of nitrogens with zero attached hydrogens (tertiary/aromatic N) is 1. The lowest BCUT2D eigenvalue weighted by atomic mass is 9.82. The number of carbonyl (C=O) groups excluding carboxylic acids is 1. The summed E-state index contributed by atoms with van der Waals surface area (Å²) in [4.78, 5) is 25.7. The van der Waals surface area contributed by atoms with Crippen molar-refractivity contribution < 1.29 is 14.7 Å². The van der Waals surface area contributed by atoms with Crippen molar-refractivity contribution in [3.63, 3.8) is 0 Å². The average Bonchev–Trinajstić information content (AvgIpc) is 2.84. The summed E-state index contributed by atoms with van der Waals surface area (Å²) in [5, 5.41) is 9.36. The van der Waals surface area contributed by atoms with Gasteiger partial charge in [-0.2, -0.15) is 0 Å². The van der Waals surface area contributed by atoms with Crippen LogP contribution in [-0.2, 0) is 9.59 Å². The van der Waals surface area contributed by atoms with Crippen LogP contribution in [0.25, 0.3) is 0 Å². The third-order valence-corrected chi connectivity index (χ3v) is 4.12. The molecule has 0 aromatic rings. The lowest BCUT2D eigenvalue weighted by Gasteiger charge is -2.32. The molecule has 0 saturated heterocycles. The topological polar surface area (TPSA) is 57.6 Å². The molecule has 1 amide bonds. The molecule has 0 radical (unpaired) electrons. The standard InChI is InChI=1S/C15H23NO3/c1-15(2,3)8-16(4)13(17)11-9-5-6-10(7-9)12(11)14(18)19/h5-6,9-12H,7-8H2,1-4H3,(H,18,19). The van der Waals surface area contributed by atoms with Gasteiger partial charge in [0.1, 0.15) is 0 Å². The number of hydrogen-bond acceptors (Lipinski definition) is 2. The summed E-state index contributed by atoms with van der Waals surface area (Å²) in [6.07, 6.45) is 4.81. The lowest BCUT2D eigenvalue weighted by molar-refractivity contribution is -0.150. The summed E-state index contributed by atoms with van der Waals surface area (Å²) >= 11 is 0. The number of rotatable bonds is 3. The predicted molar refractivity (Wildman–Crippen MR) is 72.4 cm³/mol. The molecule has 0 aromatic heterocycles. The van der Waals surface area contributed by atoms with Gasteiger partial charge in [-0.15, -0.1) is 0 Å². The molecule has 2 rings (SSSR count). The zero-order valence-corrected chi connectivity index (χ0v) is 12.1. The minimum absolute atomic E-state index is 0.0147. The molecule has 4 heteroatoms. The zero-order chi connectivity index (χ0) is 14.4. The Morgan fingerprint density at radius 1 is 1.21 bits per heavy atom. The van der Waals surface area contributed by atoms with E-state index in [-0.39, 0.29) is 29.1 Å². The molecule has 1 N–H and O–H groups in total. The summed E-state index contributed by atoms with van der Waals surface area (Å²) in [5.41, 5.74) is 0.0244. The quantitative estimate of drug-likeness (QED) is 0.794. The molecule has 0 spiro atoms. The molecule has 4 atom stereocenters. The molecule has 0 heterocycles. The van der Waals surface area contributed by atoms with Gasteiger partial charge in [-0.3, -0.25) is 9.59 Å². The van der Waals surface area contributed by atoms with E-state index in [1.807, 2.05) is 12.2 Å². The zero-order valence-electron chi connectivity index (χ0n) is 12.1. The normalized spacial score (nSPS) is 32.6. The Balaban J connectivity index is 2.14. The van der Waals surface area contributed by atoms with Gasteiger partial charge in [0, 0.05) is 13.6 Å². The Labute approximate surface area is 114 Å². The fourth-order valence-corrected chi connectivity index (χ4v) is 3.54. The summed E-state index contributed by atoms with van der Waals surface area (Å²) in [5.74, 6) is -1.61. The molecule has 4 nitrogen and oxygen atoms in total. The van der Waals surface area contributed by atoms with Gasteiger partial charge in [0.2, 0.25) is 5.91 Å². The Morgan fingerprint density at radius 2 is 1.74 bits per heavy atom. The van der Waals surface area contributed by atoms with E-state index in [2.05, 4.69) is 20.8 Å². The smallest absolute Gasteiger partial charge is 0.307 e. The number of aliphatic carboxylic acids is 1. The van der Waals surface area contributed by atoms with E-state index in [1.54, 1.807) is 11.9 Å². The predicted octanol–water partition coefficient (Wildman–Crippen LogP) is 2.01. The first-order chi connectivity index (χ1) is 8.70. The van der Waals surface area contributed by atoms with E-state index >= 15 is 0 Å². The third kappa shape index (κ3) is 2.67. The monoisotopic (exact) mass is 265 g/mol. The van der Waals surface area contributed by atoms with Crippen molar-refractivity contribution in [1.29, 1.82) is 0 Å². The molecule has 0 aliphatic heterocycles. The minimum Gasteiger partial charge on any atom is -0.481 e. The summed E-state index contributed by atoms with van der Waals surface area (Å²) in [6.45, 7) is 6.88. The highest BCUT2D eigenvalue weighted by Crippen LogP contribution is 2.48. The molecular formula is C15H23NO3. The molecule has 2 bridgehead atoms. The maximum atomic E-state index is 12.6. The van der Waals surface area contributed by atoms with Gasteiger partial charge in [0.15, 0.2) is 0 Å². The van der Waals surface area contributed by atoms with Gasteiger partial charge < -0.3 is 10.0 Å². The number of amides is 1. The second kappa shape index (κ2) is 4.66. The van der Waals surface area contributed by atoms with Gasteiger partial charge in [0.25, 0.3) is 0 Å². The third-order valence-electron chi connectivity index (χ3n) is 4.12. The Hall–Kier alpha value is -1.32. The van der Waals surface area contributed by atoms with Gasteiger partial charge in [-0.05, 0) is 23.7 Å². The molecular weight excluding hydrogens is 242 g/mol. The van der Waals surface area contributed by atoms with Crippen molar-refractivity contribution in [3.05, 3.63) is 12.2 Å². The number of carbonyl (C=O) groups is 2. The number of fused-ring (bicyclic) bond motifs is 2. The number of carboxylic acid groups (broad SMARTS) is 1. The Kier molecular flexibility index (Phi) is 3.45. The molecule has 19 heavy (non-hydrogen) atoms. The highest BCUT2D eigenvalue weighted by atomic mass is 16.4. The van der Waals surface area contributed by atoms with E-state index in [9.17, 15) is 14.7 Å². The van der Waals surface area contributed by atoms with E-state index in [1.165, 1.54) is 0 Å². The van der Waals surface area contributed by atoms with Crippen molar-refractivity contribution >= 4 is 11.9 Å². The molecule has 2 aliphatic rings. The van der Waals surface area contributed by atoms with Crippen molar-refractivity contribution in [2.24, 2.45) is 29.1 Å². The van der Waals surface area contributed by atoms with Crippen LogP contribution in [-0.4, -0.2) is 35.5 Å². The van der Waals surface area contributed by atoms with Crippen LogP contribution >= 0.6 is 0 Å². The maximum Gasteiger partial charge on any atom is 0.307 e. The summed E-state index contributed by atoms with van der Waals surface area (Å²) in [7, 11) is 1.78. The minimum atomic E-state index is -0.834. The van der Waals surface area contributed by atoms with Gasteiger partial charge in [-0.1, -0.05) is 32.9 Å². The Bertz CT molecular complexity index is 422. The highest BCUT2D eigenvalue weighted by molar-refractivity contribution is 5.86. The molecule has 0 aromatic carbocycles. The van der Waals surface area contributed by atoms with Crippen LogP contribution in [0.5, 0.6) is 0 Å². The fraction of sp³-hybridized carbons (Fsp3) is 0.733. The van der Waals surface area contributed by atoms with E-state index < -0.39 is 11.9 Å². The van der Waals surface area contributed by atoms with Crippen LogP contribution in [0.3, 0.4) is 0 Å². The second-order valence-electron chi connectivity index (χ2n) is 7.09. The maximum absolute atomic E-state index is 12.6. The van der Waals surface area contributed by atoms with Gasteiger partial charge in [-0.25, -0.2) is 0 Å². The van der Waals surface area contributed by atoms with Crippen molar-refractivity contribution in [3.8, 4) is 0 Å². The number of allylic oxidation sites excluding steroid dienone is 2. The first-order valence-electron chi connectivity index (χ1n) is 6.87. The van der Waals surface area contributed by atoms with Crippen molar-refractivity contribution in [2.45, 2.75) is 27.2 Å². The molecule has 2 aliphatic carbocycles. The second-order valence-corrected chi connectivity index (χ2v) is 7.09. The summed E-state index contributed by atoms with van der Waals surface area (Å²) in [6, 6.07) is 0. The Morgan fingerprint density at radius 3 is 2.21 bits per heavy atom. The molecule has 4 unspecified atom stereocenters. The van der Waals surface area contributed by atoms with Crippen LogP contribution in [0, 0.1) is 29.1 Å². The van der Waals surface area contributed by atoms with Crippen LogP contribution in [0.1, 0.15) is 27.2 Å². The van der Waals surface area contributed by atoms with E-state index in [0.29, 0.717) is 6.54 Å². The molecule has 1 saturated carbocycles. The first kappa shape index (κ1) is 14.1. The van der Waals surface area contributed by atoms with Gasteiger partial charge >= 0.3 is 5.97 Å².